The van der Waals surface area contributed by atoms with Crippen LogP contribution in [0.15, 0.2) is 6.20 Å². The lowest BCUT2D eigenvalue weighted by atomic mass is 10.3. The van der Waals surface area contributed by atoms with Crippen LogP contribution < -0.4 is 16.6 Å². The number of hydrazine groups is 1. The van der Waals surface area contributed by atoms with Crippen LogP contribution in [0, 0.1) is 6.92 Å². The number of hydrogen-bond donors (Lipinski definition) is 3. The Hall–Kier alpha value is -1.44. The molecule has 0 spiro atoms. The van der Waals surface area contributed by atoms with Gasteiger partial charge in [-0.1, -0.05) is 0 Å². The number of aryl methyl sites for hydroxylation is 1. The summed E-state index contributed by atoms with van der Waals surface area (Å²) >= 11 is 0. The molecule has 1 aromatic rings. The first-order valence-corrected chi connectivity index (χ1v) is 5.89. The van der Waals surface area contributed by atoms with E-state index in [2.05, 4.69) is 32.7 Å². The molecule has 0 aromatic carbocycles. The maximum atomic E-state index is 5.28. The summed E-state index contributed by atoms with van der Waals surface area (Å²) in [5, 5.41) is 3.27. The number of anilines is 2. The number of rotatable bonds is 8. The predicted octanol–water partition coefficient (Wildman–Crippen LogP) is 0.0607. The van der Waals surface area contributed by atoms with Crippen LogP contribution in [0.2, 0.25) is 0 Å². The average Bonchev–Trinajstić information content (AvgIpc) is 2.38. The molecule has 4 N–H and O–H groups in total. The Labute approximate surface area is 108 Å². The van der Waals surface area contributed by atoms with E-state index < -0.39 is 0 Å². The third-order valence-corrected chi connectivity index (χ3v) is 2.56. The number of likely N-dealkylation sites (N-methyl/N-ethyl adjacent to an activating group) is 1. The highest BCUT2D eigenvalue weighted by molar-refractivity contribution is 5.45. The monoisotopic (exact) mass is 254 g/mol. The highest BCUT2D eigenvalue weighted by Gasteiger charge is 2.03. The van der Waals surface area contributed by atoms with Gasteiger partial charge in [0.05, 0.1) is 6.61 Å². The standard InChI is InChI=1S/C11H22N6O/c1-9-8-14-11(16-12)15-10(9)13-4-5-17(2)6-7-18-3/h8H,4-7,12H2,1-3H3,(H2,13,14,15,16). The number of nitrogens with two attached hydrogens (primary N) is 1. The molecule has 7 heteroatoms. The van der Waals surface area contributed by atoms with Crippen molar-refractivity contribution in [3.05, 3.63) is 11.8 Å². The smallest absolute Gasteiger partial charge is 0.239 e. The quantitative estimate of drug-likeness (QED) is 0.446. The molecule has 18 heavy (non-hydrogen) atoms. The molecule has 102 valence electrons. The van der Waals surface area contributed by atoms with E-state index in [1.165, 1.54) is 0 Å². The van der Waals surface area contributed by atoms with Crippen molar-refractivity contribution < 1.29 is 4.74 Å². The molecule has 7 nitrogen and oxygen atoms in total. The molecule has 1 rings (SSSR count). The average molecular weight is 254 g/mol. The normalized spacial score (nSPS) is 10.7. The van der Waals surface area contributed by atoms with Gasteiger partial charge in [0, 0.05) is 38.5 Å². The molecule has 0 saturated carbocycles. The molecule has 0 aliphatic carbocycles. The van der Waals surface area contributed by atoms with Crippen molar-refractivity contribution in [3.63, 3.8) is 0 Å². The fourth-order valence-electron chi connectivity index (χ4n) is 1.41. The number of nitrogens with one attached hydrogen (secondary N) is 2. The molecule has 0 bridgehead atoms. The number of ether oxygens (including phenoxy) is 1. The predicted molar refractivity (Wildman–Crippen MR) is 72.4 cm³/mol. The van der Waals surface area contributed by atoms with Gasteiger partial charge < -0.3 is 15.0 Å². The van der Waals surface area contributed by atoms with E-state index in [4.69, 9.17) is 10.6 Å². The largest absolute Gasteiger partial charge is 0.383 e. The minimum atomic E-state index is 0.413. The molecule has 0 aliphatic rings. The van der Waals surface area contributed by atoms with Crippen LogP contribution in [0.1, 0.15) is 5.56 Å². The molecule has 0 aliphatic heterocycles. The van der Waals surface area contributed by atoms with E-state index in [9.17, 15) is 0 Å². The maximum absolute atomic E-state index is 5.28. The Balaban J connectivity index is 2.38. The first-order chi connectivity index (χ1) is 8.67. The van der Waals surface area contributed by atoms with E-state index >= 15 is 0 Å². The van der Waals surface area contributed by atoms with Crippen molar-refractivity contribution in [1.29, 1.82) is 0 Å². The van der Waals surface area contributed by atoms with Gasteiger partial charge in [-0.3, -0.25) is 5.43 Å². The molecule has 0 radical (unpaired) electrons. The number of nitrogen functional groups attached to an aromatic ring is 1. The van der Waals surface area contributed by atoms with Crippen LogP contribution in [0.25, 0.3) is 0 Å². The van der Waals surface area contributed by atoms with E-state index in [1.54, 1.807) is 13.3 Å². The van der Waals surface area contributed by atoms with Crippen LogP contribution in [0.5, 0.6) is 0 Å². The Morgan fingerprint density at radius 3 is 2.89 bits per heavy atom. The third-order valence-electron chi connectivity index (χ3n) is 2.56. The molecule has 1 heterocycles. The number of nitrogens with zero attached hydrogens (tertiary/aromatic N) is 3. The zero-order valence-corrected chi connectivity index (χ0v) is 11.2. The third kappa shape index (κ3) is 4.82. The van der Waals surface area contributed by atoms with Crippen molar-refractivity contribution in [1.82, 2.24) is 14.9 Å². The number of aromatic nitrogens is 2. The minimum Gasteiger partial charge on any atom is -0.383 e. The second kappa shape index (κ2) is 7.80. The van der Waals surface area contributed by atoms with Gasteiger partial charge in [-0.2, -0.15) is 4.98 Å². The molecule has 0 atom stereocenters. The van der Waals surface area contributed by atoms with Gasteiger partial charge in [0.2, 0.25) is 5.95 Å². The summed E-state index contributed by atoms with van der Waals surface area (Å²) < 4.78 is 5.02. The lowest BCUT2D eigenvalue weighted by molar-refractivity contribution is 0.163. The zero-order chi connectivity index (χ0) is 13.4. The van der Waals surface area contributed by atoms with Gasteiger partial charge in [-0.25, -0.2) is 10.8 Å². The summed E-state index contributed by atoms with van der Waals surface area (Å²) in [6.07, 6.45) is 1.74. The van der Waals surface area contributed by atoms with E-state index in [0.29, 0.717) is 5.95 Å². The second-order valence-corrected chi connectivity index (χ2v) is 4.09. The Morgan fingerprint density at radius 1 is 1.44 bits per heavy atom. The summed E-state index contributed by atoms with van der Waals surface area (Å²) in [6, 6.07) is 0. The fourth-order valence-corrected chi connectivity index (χ4v) is 1.41. The van der Waals surface area contributed by atoms with Crippen LogP contribution in [-0.2, 0) is 4.74 Å². The van der Waals surface area contributed by atoms with Gasteiger partial charge in [0.25, 0.3) is 0 Å². The number of hydrogen-bond acceptors (Lipinski definition) is 7. The summed E-state index contributed by atoms with van der Waals surface area (Å²) in [5.74, 6) is 6.49. The Kier molecular flexibility index (Phi) is 6.34. The van der Waals surface area contributed by atoms with Crippen molar-refractivity contribution in [3.8, 4) is 0 Å². The molecule has 0 unspecified atom stereocenters. The van der Waals surface area contributed by atoms with Gasteiger partial charge >= 0.3 is 0 Å². The second-order valence-electron chi connectivity index (χ2n) is 4.09. The van der Waals surface area contributed by atoms with Gasteiger partial charge in [-0.15, -0.1) is 0 Å². The fraction of sp³-hybridized carbons (Fsp3) is 0.636. The first-order valence-electron chi connectivity index (χ1n) is 5.89. The van der Waals surface area contributed by atoms with Gasteiger partial charge in [0.15, 0.2) is 0 Å². The van der Waals surface area contributed by atoms with Gasteiger partial charge in [0.1, 0.15) is 5.82 Å². The highest BCUT2D eigenvalue weighted by atomic mass is 16.5. The van der Waals surface area contributed by atoms with Gasteiger partial charge in [-0.05, 0) is 14.0 Å². The molecule has 0 amide bonds. The Morgan fingerprint density at radius 2 is 2.22 bits per heavy atom. The van der Waals surface area contributed by atoms with Crippen LogP contribution in [0.3, 0.4) is 0 Å². The number of methoxy groups -OCH3 is 1. The van der Waals surface area contributed by atoms with Crippen molar-refractivity contribution in [2.24, 2.45) is 5.84 Å². The van der Waals surface area contributed by atoms with Crippen LogP contribution in [0.4, 0.5) is 11.8 Å². The lowest BCUT2D eigenvalue weighted by Gasteiger charge is -2.17. The van der Waals surface area contributed by atoms with Crippen molar-refractivity contribution in [2.75, 3.05) is 51.1 Å². The molecule has 0 fully saturated rings. The summed E-state index contributed by atoms with van der Waals surface area (Å²) in [7, 11) is 3.76. The van der Waals surface area contributed by atoms with E-state index in [0.717, 1.165) is 37.6 Å². The summed E-state index contributed by atoms with van der Waals surface area (Å²) in [5.41, 5.74) is 3.43. The molecule has 0 saturated heterocycles. The van der Waals surface area contributed by atoms with Crippen LogP contribution >= 0.6 is 0 Å². The first kappa shape index (κ1) is 14.6. The molecule has 1 aromatic heterocycles. The molecular weight excluding hydrogens is 232 g/mol. The Bertz CT molecular complexity index is 359. The van der Waals surface area contributed by atoms with E-state index in [-0.39, 0.29) is 0 Å². The minimum absolute atomic E-state index is 0.413. The van der Waals surface area contributed by atoms with E-state index in [1.807, 2.05) is 6.92 Å². The maximum Gasteiger partial charge on any atom is 0.239 e. The zero-order valence-electron chi connectivity index (χ0n) is 11.2. The summed E-state index contributed by atoms with van der Waals surface area (Å²) in [4.78, 5) is 10.5. The lowest BCUT2D eigenvalue weighted by Crippen LogP contribution is -2.28. The SMILES string of the molecule is COCCN(C)CCNc1nc(NN)ncc1C. The molecular formula is C11H22N6O. The van der Waals surface area contributed by atoms with Crippen molar-refractivity contribution in [2.45, 2.75) is 6.92 Å². The topological polar surface area (TPSA) is 88.3 Å². The van der Waals surface area contributed by atoms with Crippen LogP contribution in [-0.4, -0.2) is 55.3 Å². The highest BCUT2D eigenvalue weighted by Crippen LogP contribution is 2.11. The van der Waals surface area contributed by atoms with Crippen molar-refractivity contribution >= 4 is 11.8 Å². The summed E-state index contributed by atoms with van der Waals surface area (Å²) in [6.45, 7) is 5.33.